The van der Waals surface area contributed by atoms with E-state index < -0.39 is 5.91 Å². The summed E-state index contributed by atoms with van der Waals surface area (Å²) < 4.78 is 0. The zero-order valence-electron chi connectivity index (χ0n) is 13.3. The Morgan fingerprint density at radius 2 is 1.50 bits per heavy atom. The molecule has 2 amide bonds. The van der Waals surface area contributed by atoms with E-state index >= 15 is 0 Å². The number of carbonyl (C=O) groups excluding carboxylic acids is 2. The molecule has 0 aliphatic rings. The second kappa shape index (κ2) is 6.54. The summed E-state index contributed by atoms with van der Waals surface area (Å²) in [5, 5.41) is 5.17. The number of nitrogens with one attached hydrogen (secondary N) is 1. The van der Waals surface area contributed by atoms with Crippen molar-refractivity contribution in [3.63, 3.8) is 0 Å². The minimum atomic E-state index is -0.612. The molecule has 0 radical (unpaired) electrons. The third-order valence-electron chi connectivity index (χ3n) is 4.07. The molecule has 3 N–H and O–H groups in total. The van der Waals surface area contributed by atoms with Crippen LogP contribution in [-0.2, 0) is 0 Å². The summed E-state index contributed by atoms with van der Waals surface area (Å²) in [6.07, 6.45) is 0. The van der Waals surface area contributed by atoms with E-state index in [0.29, 0.717) is 0 Å². The highest BCUT2D eigenvalue weighted by atomic mass is 16.2. The Bertz CT molecular complexity index is 913. The third kappa shape index (κ3) is 2.99. The summed E-state index contributed by atoms with van der Waals surface area (Å²) in [7, 11) is 0. The van der Waals surface area contributed by atoms with E-state index in [1.54, 1.807) is 24.3 Å². The number of amides is 2. The molecule has 24 heavy (non-hydrogen) atoms. The van der Waals surface area contributed by atoms with Gasteiger partial charge in [0.2, 0.25) is 5.91 Å². The fourth-order valence-corrected chi connectivity index (χ4v) is 2.88. The molecule has 0 saturated heterocycles. The van der Waals surface area contributed by atoms with Crippen molar-refractivity contribution >= 4 is 22.6 Å². The van der Waals surface area contributed by atoms with Gasteiger partial charge in [0, 0.05) is 0 Å². The molecular weight excluding hydrogens is 300 g/mol. The molecule has 3 aromatic carbocycles. The maximum atomic E-state index is 12.6. The average molecular weight is 318 g/mol. The Morgan fingerprint density at radius 1 is 0.875 bits per heavy atom. The molecule has 3 aromatic rings. The Labute approximate surface area is 140 Å². The number of rotatable bonds is 4. The predicted molar refractivity (Wildman–Crippen MR) is 94.8 cm³/mol. The normalized spacial score (nSPS) is 11.9. The minimum absolute atomic E-state index is 0.204. The van der Waals surface area contributed by atoms with Crippen LogP contribution in [0.1, 0.15) is 39.2 Å². The van der Waals surface area contributed by atoms with Gasteiger partial charge in [0.1, 0.15) is 0 Å². The van der Waals surface area contributed by atoms with Crippen molar-refractivity contribution in [3.05, 3.63) is 83.4 Å². The van der Waals surface area contributed by atoms with Crippen LogP contribution >= 0.6 is 0 Å². The maximum Gasteiger partial charge on any atom is 0.252 e. The van der Waals surface area contributed by atoms with Gasteiger partial charge < -0.3 is 11.1 Å². The summed E-state index contributed by atoms with van der Waals surface area (Å²) in [4.78, 5) is 24.1. The van der Waals surface area contributed by atoms with Crippen molar-refractivity contribution in [2.24, 2.45) is 5.73 Å². The van der Waals surface area contributed by atoms with Gasteiger partial charge in [0.25, 0.3) is 5.91 Å². The van der Waals surface area contributed by atoms with Crippen LogP contribution in [0.4, 0.5) is 0 Å². The number of benzene rings is 3. The van der Waals surface area contributed by atoms with Gasteiger partial charge >= 0.3 is 0 Å². The largest absolute Gasteiger partial charge is 0.366 e. The summed E-state index contributed by atoms with van der Waals surface area (Å²) in [5.74, 6) is -0.927. The molecule has 0 unspecified atom stereocenters. The molecule has 0 saturated carbocycles. The molecular formula is C20H18N2O2. The lowest BCUT2D eigenvalue weighted by Gasteiger charge is -2.17. The Balaban J connectivity index is 1.91. The monoisotopic (exact) mass is 318 g/mol. The van der Waals surface area contributed by atoms with Crippen LogP contribution in [-0.4, -0.2) is 11.8 Å². The van der Waals surface area contributed by atoms with Crippen molar-refractivity contribution in [2.45, 2.75) is 13.0 Å². The Hall–Kier alpha value is -3.14. The van der Waals surface area contributed by atoms with Crippen molar-refractivity contribution in [1.82, 2.24) is 5.32 Å². The van der Waals surface area contributed by atoms with Gasteiger partial charge in [0.05, 0.1) is 17.2 Å². The molecule has 0 aromatic heterocycles. The van der Waals surface area contributed by atoms with Crippen LogP contribution in [0.25, 0.3) is 10.8 Å². The third-order valence-corrected chi connectivity index (χ3v) is 4.07. The van der Waals surface area contributed by atoms with Crippen molar-refractivity contribution in [2.75, 3.05) is 0 Å². The first-order chi connectivity index (χ1) is 11.6. The van der Waals surface area contributed by atoms with Crippen LogP contribution in [0.15, 0.2) is 66.7 Å². The molecule has 0 spiro atoms. The topological polar surface area (TPSA) is 72.2 Å². The SMILES string of the molecule is C[C@@H](NC(=O)c1ccccc1C(N)=O)c1cccc2ccccc12. The van der Waals surface area contributed by atoms with Crippen molar-refractivity contribution in [3.8, 4) is 0 Å². The first-order valence-corrected chi connectivity index (χ1v) is 7.75. The molecule has 0 bridgehead atoms. The van der Waals surface area contributed by atoms with Gasteiger partial charge in [-0.25, -0.2) is 0 Å². The molecule has 0 fully saturated rings. The maximum absolute atomic E-state index is 12.6. The number of hydrogen-bond donors (Lipinski definition) is 2. The number of carbonyl (C=O) groups is 2. The second-order valence-electron chi connectivity index (χ2n) is 5.67. The quantitative estimate of drug-likeness (QED) is 0.773. The molecule has 3 rings (SSSR count). The number of hydrogen-bond acceptors (Lipinski definition) is 2. The minimum Gasteiger partial charge on any atom is -0.366 e. The van der Waals surface area contributed by atoms with Crippen LogP contribution in [0.2, 0.25) is 0 Å². The highest BCUT2D eigenvalue weighted by Crippen LogP contribution is 2.24. The lowest BCUT2D eigenvalue weighted by atomic mass is 9.99. The van der Waals surface area contributed by atoms with Gasteiger partial charge in [-0.1, -0.05) is 54.6 Å². The predicted octanol–water partition coefficient (Wildman–Crippen LogP) is 3.43. The first kappa shape index (κ1) is 15.7. The van der Waals surface area contributed by atoms with Crippen LogP contribution < -0.4 is 11.1 Å². The highest BCUT2D eigenvalue weighted by molar-refractivity contribution is 6.06. The zero-order valence-corrected chi connectivity index (χ0v) is 13.3. The van der Waals surface area contributed by atoms with E-state index in [1.807, 2.05) is 49.4 Å². The first-order valence-electron chi connectivity index (χ1n) is 7.75. The van der Waals surface area contributed by atoms with E-state index in [-0.39, 0.29) is 23.1 Å². The van der Waals surface area contributed by atoms with Gasteiger partial charge in [-0.3, -0.25) is 9.59 Å². The van der Waals surface area contributed by atoms with Crippen molar-refractivity contribution in [1.29, 1.82) is 0 Å². The summed E-state index contributed by atoms with van der Waals surface area (Å²) in [5.41, 5.74) is 6.89. The Morgan fingerprint density at radius 3 is 2.25 bits per heavy atom. The fraction of sp³-hybridized carbons (Fsp3) is 0.100. The molecule has 4 heteroatoms. The standard InChI is InChI=1S/C20H18N2O2/c1-13(15-12-6-8-14-7-2-3-9-16(14)15)22-20(24)18-11-5-4-10-17(18)19(21)23/h2-13H,1H3,(H2,21,23)(H,22,24)/t13-/m1/s1. The smallest absolute Gasteiger partial charge is 0.252 e. The lowest BCUT2D eigenvalue weighted by Crippen LogP contribution is -2.29. The van der Waals surface area contributed by atoms with E-state index in [1.165, 1.54) is 0 Å². The van der Waals surface area contributed by atoms with E-state index in [9.17, 15) is 9.59 Å². The average Bonchev–Trinajstić information content (AvgIpc) is 2.61. The lowest BCUT2D eigenvalue weighted by molar-refractivity contribution is 0.0925. The molecule has 120 valence electrons. The van der Waals surface area contributed by atoms with Crippen LogP contribution in [0, 0.1) is 0 Å². The van der Waals surface area contributed by atoms with Gasteiger partial charge in [-0.2, -0.15) is 0 Å². The summed E-state index contributed by atoms with van der Waals surface area (Å²) >= 11 is 0. The van der Waals surface area contributed by atoms with Crippen LogP contribution in [0.3, 0.4) is 0 Å². The van der Waals surface area contributed by atoms with E-state index in [0.717, 1.165) is 16.3 Å². The van der Waals surface area contributed by atoms with E-state index in [4.69, 9.17) is 5.73 Å². The molecule has 0 aliphatic carbocycles. The Kier molecular flexibility index (Phi) is 4.29. The summed E-state index contributed by atoms with van der Waals surface area (Å²) in [6.45, 7) is 1.92. The summed E-state index contributed by atoms with van der Waals surface area (Å²) in [6, 6.07) is 20.4. The number of nitrogens with two attached hydrogens (primary N) is 1. The van der Waals surface area contributed by atoms with Gasteiger partial charge in [0.15, 0.2) is 0 Å². The van der Waals surface area contributed by atoms with E-state index in [2.05, 4.69) is 5.32 Å². The fourth-order valence-electron chi connectivity index (χ4n) is 2.88. The van der Waals surface area contributed by atoms with Crippen LogP contribution in [0.5, 0.6) is 0 Å². The zero-order chi connectivity index (χ0) is 17.1. The van der Waals surface area contributed by atoms with Gasteiger partial charge in [-0.05, 0) is 35.4 Å². The van der Waals surface area contributed by atoms with Gasteiger partial charge in [-0.15, -0.1) is 0 Å². The molecule has 1 atom stereocenters. The number of fused-ring (bicyclic) bond motifs is 1. The molecule has 4 nitrogen and oxygen atoms in total. The number of primary amides is 1. The highest BCUT2D eigenvalue weighted by Gasteiger charge is 2.17. The second-order valence-corrected chi connectivity index (χ2v) is 5.67. The van der Waals surface area contributed by atoms with Crippen molar-refractivity contribution < 1.29 is 9.59 Å². The molecule has 0 heterocycles. The molecule has 0 aliphatic heterocycles.